The predicted octanol–water partition coefficient (Wildman–Crippen LogP) is 2.64. The van der Waals surface area contributed by atoms with Crippen LogP contribution in [0.25, 0.3) is 0 Å². The Morgan fingerprint density at radius 3 is 2.47 bits per heavy atom. The SMILES string of the molecule is O=C(O)c1ccc(NC(=O)c2ccccc2I)nc1. The van der Waals surface area contributed by atoms with E-state index in [0.29, 0.717) is 11.4 Å². The number of benzene rings is 1. The molecule has 6 heteroatoms. The first-order valence-electron chi connectivity index (χ1n) is 5.33. The minimum absolute atomic E-state index is 0.0762. The summed E-state index contributed by atoms with van der Waals surface area (Å²) in [5.41, 5.74) is 0.625. The highest BCUT2D eigenvalue weighted by molar-refractivity contribution is 14.1. The Labute approximate surface area is 122 Å². The van der Waals surface area contributed by atoms with Gasteiger partial charge in [-0.3, -0.25) is 4.79 Å². The zero-order chi connectivity index (χ0) is 13.8. The number of carboxylic acids is 1. The third kappa shape index (κ3) is 3.28. The second kappa shape index (κ2) is 5.79. The fraction of sp³-hybridized carbons (Fsp3) is 0. The molecule has 1 amide bonds. The van der Waals surface area contributed by atoms with Crippen molar-refractivity contribution in [3.63, 3.8) is 0 Å². The Morgan fingerprint density at radius 2 is 1.89 bits per heavy atom. The molecular formula is C13H9IN2O3. The summed E-state index contributed by atoms with van der Waals surface area (Å²) in [7, 11) is 0. The van der Waals surface area contributed by atoms with Gasteiger partial charge < -0.3 is 10.4 Å². The van der Waals surface area contributed by atoms with Crippen molar-refractivity contribution in [3.05, 3.63) is 57.3 Å². The van der Waals surface area contributed by atoms with E-state index in [0.717, 1.165) is 3.57 Å². The molecule has 1 aromatic carbocycles. The molecule has 0 aliphatic heterocycles. The fourth-order valence-electron chi connectivity index (χ4n) is 1.42. The molecule has 0 spiro atoms. The van der Waals surface area contributed by atoms with Crippen molar-refractivity contribution >= 4 is 40.3 Å². The monoisotopic (exact) mass is 368 g/mol. The van der Waals surface area contributed by atoms with E-state index in [1.807, 2.05) is 12.1 Å². The summed E-state index contributed by atoms with van der Waals surface area (Å²) in [6.07, 6.45) is 1.20. The lowest BCUT2D eigenvalue weighted by molar-refractivity contribution is 0.0696. The Kier molecular flexibility index (Phi) is 4.10. The van der Waals surface area contributed by atoms with Gasteiger partial charge in [0.1, 0.15) is 5.82 Å². The summed E-state index contributed by atoms with van der Waals surface area (Å²) in [4.78, 5) is 26.5. The van der Waals surface area contributed by atoms with Crippen LogP contribution in [-0.2, 0) is 0 Å². The number of carbonyl (C=O) groups excluding carboxylic acids is 1. The van der Waals surface area contributed by atoms with Gasteiger partial charge in [0.25, 0.3) is 5.91 Å². The molecule has 0 saturated heterocycles. The number of carboxylic acid groups (broad SMARTS) is 1. The fourth-order valence-corrected chi connectivity index (χ4v) is 2.06. The molecule has 0 aliphatic carbocycles. The van der Waals surface area contributed by atoms with Gasteiger partial charge in [0.15, 0.2) is 0 Å². The first-order valence-corrected chi connectivity index (χ1v) is 6.41. The molecule has 0 radical (unpaired) electrons. The standard InChI is InChI=1S/C13H9IN2O3/c14-10-4-2-1-3-9(10)12(17)16-11-6-5-8(7-15-11)13(18)19/h1-7H,(H,18,19)(H,15,16,17). The highest BCUT2D eigenvalue weighted by Gasteiger charge is 2.10. The maximum absolute atomic E-state index is 12.0. The van der Waals surface area contributed by atoms with Crippen LogP contribution in [0.5, 0.6) is 0 Å². The quantitative estimate of drug-likeness (QED) is 0.817. The van der Waals surface area contributed by atoms with Crippen LogP contribution in [0.3, 0.4) is 0 Å². The Morgan fingerprint density at radius 1 is 1.16 bits per heavy atom. The highest BCUT2D eigenvalue weighted by atomic mass is 127. The number of pyridine rings is 1. The van der Waals surface area contributed by atoms with E-state index in [-0.39, 0.29) is 11.5 Å². The van der Waals surface area contributed by atoms with Crippen molar-refractivity contribution in [3.8, 4) is 0 Å². The maximum atomic E-state index is 12.0. The molecule has 2 aromatic rings. The third-order valence-electron chi connectivity index (χ3n) is 2.37. The topological polar surface area (TPSA) is 79.3 Å². The van der Waals surface area contributed by atoms with Gasteiger partial charge >= 0.3 is 5.97 Å². The Hall–Kier alpha value is -1.96. The molecule has 0 aliphatic rings. The van der Waals surface area contributed by atoms with Gasteiger partial charge in [-0.1, -0.05) is 12.1 Å². The van der Waals surface area contributed by atoms with Crippen LogP contribution in [0.1, 0.15) is 20.7 Å². The summed E-state index contributed by atoms with van der Waals surface area (Å²) < 4.78 is 0.833. The van der Waals surface area contributed by atoms with Crippen molar-refractivity contribution in [1.29, 1.82) is 0 Å². The number of halogens is 1. The maximum Gasteiger partial charge on any atom is 0.337 e. The van der Waals surface area contributed by atoms with E-state index in [1.54, 1.807) is 12.1 Å². The van der Waals surface area contributed by atoms with Crippen molar-refractivity contribution in [1.82, 2.24) is 4.98 Å². The van der Waals surface area contributed by atoms with Gasteiger partial charge in [0, 0.05) is 9.77 Å². The van der Waals surface area contributed by atoms with E-state index >= 15 is 0 Å². The van der Waals surface area contributed by atoms with Gasteiger partial charge in [0.05, 0.1) is 11.1 Å². The normalized spacial score (nSPS) is 9.95. The van der Waals surface area contributed by atoms with Crippen LogP contribution in [0.15, 0.2) is 42.6 Å². The first kappa shape index (κ1) is 13.5. The average molecular weight is 368 g/mol. The highest BCUT2D eigenvalue weighted by Crippen LogP contribution is 2.13. The smallest absolute Gasteiger partial charge is 0.337 e. The third-order valence-corrected chi connectivity index (χ3v) is 3.31. The Balaban J connectivity index is 2.15. The molecule has 0 fully saturated rings. The number of rotatable bonds is 3. The van der Waals surface area contributed by atoms with Crippen LogP contribution in [0, 0.1) is 3.57 Å². The molecule has 19 heavy (non-hydrogen) atoms. The number of aromatic carboxylic acids is 1. The van der Waals surface area contributed by atoms with Gasteiger partial charge in [-0.2, -0.15) is 0 Å². The van der Waals surface area contributed by atoms with Gasteiger partial charge in [-0.05, 0) is 46.9 Å². The Bertz CT molecular complexity index is 626. The number of carbonyl (C=O) groups is 2. The summed E-state index contributed by atoms with van der Waals surface area (Å²) in [5.74, 6) is -1.02. The number of nitrogens with zero attached hydrogens (tertiary/aromatic N) is 1. The van der Waals surface area contributed by atoms with Crippen LogP contribution in [0.4, 0.5) is 5.82 Å². The molecule has 0 atom stereocenters. The summed E-state index contributed by atoms with van der Waals surface area (Å²) in [5, 5.41) is 11.4. The summed E-state index contributed by atoms with van der Waals surface area (Å²) >= 11 is 2.07. The molecule has 1 heterocycles. The predicted molar refractivity (Wildman–Crippen MR) is 78.3 cm³/mol. The second-order valence-electron chi connectivity index (χ2n) is 3.67. The average Bonchev–Trinajstić information content (AvgIpc) is 2.39. The van der Waals surface area contributed by atoms with Crippen LogP contribution < -0.4 is 5.32 Å². The van der Waals surface area contributed by atoms with E-state index in [4.69, 9.17) is 5.11 Å². The summed E-state index contributed by atoms with van der Waals surface area (Å²) in [6, 6.07) is 10.0. The molecule has 2 rings (SSSR count). The molecule has 96 valence electrons. The minimum Gasteiger partial charge on any atom is -0.478 e. The molecule has 0 unspecified atom stereocenters. The molecule has 1 aromatic heterocycles. The lowest BCUT2D eigenvalue weighted by Crippen LogP contribution is -2.14. The lowest BCUT2D eigenvalue weighted by Gasteiger charge is -2.06. The zero-order valence-corrected chi connectivity index (χ0v) is 11.8. The van der Waals surface area contributed by atoms with Crippen LogP contribution in [-0.4, -0.2) is 22.0 Å². The van der Waals surface area contributed by atoms with E-state index < -0.39 is 5.97 Å². The largest absolute Gasteiger partial charge is 0.478 e. The first-order chi connectivity index (χ1) is 9.08. The molecule has 0 bridgehead atoms. The van der Waals surface area contributed by atoms with E-state index in [1.165, 1.54) is 18.3 Å². The van der Waals surface area contributed by atoms with Gasteiger partial charge in [0.2, 0.25) is 0 Å². The second-order valence-corrected chi connectivity index (χ2v) is 4.83. The molecule has 5 nitrogen and oxygen atoms in total. The number of hydrogen-bond acceptors (Lipinski definition) is 3. The van der Waals surface area contributed by atoms with Crippen molar-refractivity contribution < 1.29 is 14.7 Å². The molecule has 2 N–H and O–H groups in total. The molecular weight excluding hydrogens is 359 g/mol. The van der Waals surface area contributed by atoms with Crippen molar-refractivity contribution in [2.75, 3.05) is 5.32 Å². The number of nitrogens with one attached hydrogen (secondary N) is 1. The minimum atomic E-state index is -1.05. The zero-order valence-electron chi connectivity index (χ0n) is 9.63. The number of hydrogen-bond donors (Lipinski definition) is 2. The summed E-state index contributed by atoms with van der Waals surface area (Å²) in [6.45, 7) is 0. The lowest BCUT2D eigenvalue weighted by atomic mass is 10.2. The van der Waals surface area contributed by atoms with Crippen molar-refractivity contribution in [2.24, 2.45) is 0 Å². The van der Waals surface area contributed by atoms with Crippen LogP contribution >= 0.6 is 22.6 Å². The number of aromatic nitrogens is 1. The number of anilines is 1. The molecule has 0 saturated carbocycles. The van der Waals surface area contributed by atoms with E-state index in [2.05, 4.69) is 32.9 Å². The van der Waals surface area contributed by atoms with Gasteiger partial charge in [-0.15, -0.1) is 0 Å². The van der Waals surface area contributed by atoms with Crippen LogP contribution in [0.2, 0.25) is 0 Å². The van der Waals surface area contributed by atoms with E-state index in [9.17, 15) is 9.59 Å². The van der Waals surface area contributed by atoms with Gasteiger partial charge in [-0.25, -0.2) is 9.78 Å². The number of amides is 1. The van der Waals surface area contributed by atoms with Crippen molar-refractivity contribution in [2.45, 2.75) is 0 Å².